The lowest BCUT2D eigenvalue weighted by molar-refractivity contribution is 0.102. The van der Waals surface area contributed by atoms with Crippen LogP contribution >= 0.6 is 11.3 Å². The average Bonchev–Trinajstić information content (AvgIpc) is 2.63. The van der Waals surface area contributed by atoms with Gasteiger partial charge in [-0.1, -0.05) is 0 Å². The number of isocyanates is 1. The molecular formula is C11H11NO2S. The first-order valence-corrected chi connectivity index (χ1v) is 5.74. The van der Waals surface area contributed by atoms with Gasteiger partial charge in [-0.3, -0.25) is 4.79 Å². The van der Waals surface area contributed by atoms with Crippen LogP contribution in [-0.4, -0.2) is 11.9 Å². The van der Waals surface area contributed by atoms with Crippen molar-refractivity contribution in [1.29, 1.82) is 0 Å². The van der Waals surface area contributed by atoms with E-state index in [1.807, 2.05) is 6.07 Å². The predicted octanol–water partition coefficient (Wildman–Crippen LogP) is 2.66. The van der Waals surface area contributed by atoms with Gasteiger partial charge in [0.15, 0.2) is 5.78 Å². The van der Waals surface area contributed by atoms with Crippen molar-refractivity contribution in [3.05, 3.63) is 21.4 Å². The third kappa shape index (κ3) is 1.91. The van der Waals surface area contributed by atoms with E-state index in [1.54, 1.807) is 13.0 Å². The molecule has 0 amide bonds. The highest BCUT2D eigenvalue weighted by atomic mass is 32.1. The van der Waals surface area contributed by atoms with Gasteiger partial charge in [0.2, 0.25) is 6.08 Å². The fourth-order valence-corrected chi connectivity index (χ4v) is 3.06. The Balaban J connectivity index is 2.42. The van der Waals surface area contributed by atoms with E-state index in [0.29, 0.717) is 0 Å². The molecule has 0 radical (unpaired) electrons. The zero-order chi connectivity index (χ0) is 10.8. The minimum atomic E-state index is -0.0735. The largest absolute Gasteiger partial charge is 0.294 e. The first kappa shape index (κ1) is 10.3. The van der Waals surface area contributed by atoms with Crippen molar-refractivity contribution >= 4 is 23.2 Å². The summed E-state index contributed by atoms with van der Waals surface area (Å²) in [4.78, 5) is 27.3. The van der Waals surface area contributed by atoms with Gasteiger partial charge in [0.1, 0.15) is 0 Å². The summed E-state index contributed by atoms with van der Waals surface area (Å²) in [5.41, 5.74) is 1.06. The molecule has 4 heteroatoms. The van der Waals surface area contributed by atoms with Crippen molar-refractivity contribution in [1.82, 2.24) is 0 Å². The third-order valence-electron chi connectivity index (χ3n) is 2.64. The molecule has 0 saturated heterocycles. The summed E-state index contributed by atoms with van der Waals surface area (Å²) in [6.07, 6.45) is 4.52. The molecule has 0 bridgehead atoms. The quantitative estimate of drug-likeness (QED) is 0.438. The second kappa shape index (κ2) is 4.09. The Morgan fingerprint density at radius 3 is 3.13 bits per heavy atom. The van der Waals surface area contributed by atoms with E-state index in [1.165, 1.54) is 16.2 Å². The second-order valence-corrected chi connectivity index (χ2v) is 4.81. The monoisotopic (exact) mass is 221 g/mol. The molecule has 0 spiro atoms. The number of carbonyl (C=O) groups excluding carboxylic acids is 2. The van der Waals surface area contributed by atoms with Crippen molar-refractivity contribution in [2.24, 2.45) is 4.99 Å². The van der Waals surface area contributed by atoms with E-state index in [0.717, 1.165) is 29.7 Å². The summed E-state index contributed by atoms with van der Waals surface area (Å²) in [6, 6.07) is 1.81. The zero-order valence-corrected chi connectivity index (χ0v) is 9.26. The smallest absolute Gasteiger partial charge is 0.235 e. The summed E-state index contributed by atoms with van der Waals surface area (Å²) in [7, 11) is 0. The van der Waals surface area contributed by atoms with Gasteiger partial charge in [0.05, 0.1) is 10.9 Å². The first-order valence-electron chi connectivity index (χ1n) is 4.93. The number of Topliss-reactive ketones (excluding diaryl/α,β-unsaturated/α-hetero) is 1. The number of ketones is 1. The van der Waals surface area contributed by atoms with Gasteiger partial charge in [0, 0.05) is 4.88 Å². The molecule has 0 saturated carbocycles. The molecule has 0 N–H and O–H groups in total. The van der Waals surface area contributed by atoms with Crippen LogP contribution in [0, 0.1) is 0 Å². The molecule has 2 rings (SSSR count). The van der Waals surface area contributed by atoms with Crippen molar-refractivity contribution in [2.75, 3.05) is 0 Å². The maximum Gasteiger partial charge on any atom is 0.235 e. The van der Waals surface area contributed by atoms with Crippen LogP contribution in [0.3, 0.4) is 0 Å². The number of aryl methyl sites for hydroxylation is 1. The summed E-state index contributed by atoms with van der Waals surface area (Å²) in [5, 5.41) is 0. The Morgan fingerprint density at radius 1 is 1.67 bits per heavy atom. The Bertz CT molecular complexity index is 443. The normalized spacial score (nSPS) is 19.1. The van der Waals surface area contributed by atoms with Gasteiger partial charge in [-0.25, -0.2) is 4.79 Å². The summed E-state index contributed by atoms with van der Waals surface area (Å²) in [6.45, 7) is 1.56. The first-order chi connectivity index (χ1) is 7.22. The SMILES string of the molecule is CC(=O)c1cc2c(s1)CCCC2N=C=O. The number of thiophene rings is 1. The van der Waals surface area contributed by atoms with E-state index in [2.05, 4.69) is 4.99 Å². The van der Waals surface area contributed by atoms with Crippen LogP contribution in [-0.2, 0) is 11.2 Å². The Labute approximate surface area is 91.8 Å². The zero-order valence-electron chi connectivity index (χ0n) is 8.45. The molecule has 0 fully saturated rings. The van der Waals surface area contributed by atoms with Crippen LogP contribution in [0.15, 0.2) is 11.1 Å². The van der Waals surface area contributed by atoms with Crippen LogP contribution in [0.4, 0.5) is 0 Å². The molecule has 1 aromatic rings. The molecule has 1 aromatic heterocycles. The minimum Gasteiger partial charge on any atom is -0.294 e. The second-order valence-electron chi connectivity index (χ2n) is 3.67. The van der Waals surface area contributed by atoms with Crippen LogP contribution in [0.25, 0.3) is 0 Å². The molecule has 15 heavy (non-hydrogen) atoms. The number of hydrogen-bond donors (Lipinski definition) is 0. The summed E-state index contributed by atoms with van der Waals surface area (Å²) >= 11 is 1.53. The number of aliphatic imine (C=N–C) groups is 1. The molecule has 3 nitrogen and oxygen atoms in total. The molecule has 1 heterocycles. The number of hydrogen-bond acceptors (Lipinski definition) is 4. The molecule has 1 aliphatic rings. The lowest BCUT2D eigenvalue weighted by atomic mass is 9.94. The minimum absolute atomic E-state index is 0.0735. The number of fused-ring (bicyclic) bond motifs is 1. The van der Waals surface area contributed by atoms with Gasteiger partial charge < -0.3 is 0 Å². The fourth-order valence-electron chi connectivity index (χ4n) is 1.90. The standard InChI is InChI=1S/C11H11NO2S/c1-7(14)11-5-8-9(12-6-13)3-2-4-10(8)15-11/h5,9H,2-4H2,1H3. The molecule has 1 atom stereocenters. The van der Waals surface area contributed by atoms with Crippen molar-refractivity contribution in [2.45, 2.75) is 32.2 Å². The Hall–Kier alpha value is -1.25. The van der Waals surface area contributed by atoms with E-state index >= 15 is 0 Å². The van der Waals surface area contributed by atoms with Crippen molar-refractivity contribution < 1.29 is 9.59 Å². The number of carbonyl (C=O) groups is 1. The predicted molar refractivity (Wildman–Crippen MR) is 58.1 cm³/mol. The maximum atomic E-state index is 11.2. The van der Waals surface area contributed by atoms with Gasteiger partial charge in [-0.2, -0.15) is 4.99 Å². The summed E-state index contributed by atoms with van der Waals surface area (Å²) < 4.78 is 0. The van der Waals surface area contributed by atoms with Crippen molar-refractivity contribution in [3.63, 3.8) is 0 Å². The maximum absolute atomic E-state index is 11.2. The Kier molecular flexibility index (Phi) is 2.80. The lowest BCUT2D eigenvalue weighted by Gasteiger charge is -2.16. The van der Waals surface area contributed by atoms with Crippen LogP contribution < -0.4 is 0 Å². The van der Waals surface area contributed by atoms with E-state index in [4.69, 9.17) is 0 Å². The lowest BCUT2D eigenvalue weighted by Crippen LogP contribution is -2.04. The van der Waals surface area contributed by atoms with Crippen LogP contribution in [0.1, 0.15) is 45.9 Å². The van der Waals surface area contributed by atoms with Gasteiger partial charge in [0.25, 0.3) is 0 Å². The summed E-state index contributed by atoms with van der Waals surface area (Å²) in [5.74, 6) is 0.0863. The van der Waals surface area contributed by atoms with Gasteiger partial charge in [-0.05, 0) is 37.8 Å². The van der Waals surface area contributed by atoms with Crippen molar-refractivity contribution in [3.8, 4) is 0 Å². The number of rotatable bonds is 2. The highest BCUT2D eigenvalue weighted by Gasteiger charge is 2.23. The van der Waals surface area contributed by atoms with Gasteiger partial charge in [-0.15, -0.1) is 11.3 Å². The fraction of sp³-hybridized carbons (Fsp3) is 0.455. The van der Waals surface area contributed by atoms with Crippen LogP contribution in [0.2, 0.25) is 0 Å². The van der Waals surface area contributed by atoms with Gasteiger partial charge >= 0.3 is 0 Å². The van der Waals surface area contributed by atoms with E-state index in [-0.39, 0.29) is 11.8 Å². The highest BCUT2D eigenvalue weighted by Crippen LogP contribution is 2.37. The third-order valence-corrected chi connectivity index (χ3v) is 3.95. The van der Waals surface area contributed by atoms with E-state index < -0.39 is 0 Å². The van der Waals surface area contributed by atoms with Crippen LogP contribution in [0.5, 0.6) is 0 Å². The molecular weight excluding hydrogens is 210 g/mol. The molecule has 1 aliphatic carbocycles. The molecule has 0 aromatic carbocycles. The highest BCUT2D eigenvalue weighted by molar-refractivity contribution is 7.14. The average molecular weight is 221 g/mol. The Morgan fingerprint density at radius 2 is 2.47 bits per heavy atom. The topological polar surface area (TPSA) is 46.5 Å². The molecule has 1 unspecified atom stereocenters. The number of nitrogens with zero attached hydrogens (tertiary/aromatic N) is 1. The molecule has 0 aliphatic heterocycles. The van der Waals surface area contributed by atoms with E-state index in [9.17, 15) is 9.59 Å². The molecule has 78 valence electrons.